The number of benzene rings is 1. The molecular weight excluding hydrogens is 212 g/mol. The van der Waals surface area contributed by atoms with Crippen LogP contribution in [0.25, 0.3) is 0 Å². The summed E-state index contributed by atoms with van der Waals surface area (Å²) in [6.07, 6.45) is 1.57. The van der Waals surface area contributed by atoms with Gasteiger partial charge in [0, 0.05) is 13.0 Å². The Labute approximate surface area is 104 Å². The maximum atomic E-state index is 8.47. The lowest BCUT2D eigenvalue weighted by Crippen LogP contribution is -2.18. The first-order valence-electron chi connectivity index (χ1n) is 6.03. The van der Waals surface area contributed by atoms with E-state index < -0.39 is 0 Å². The summed E-state index contributed by atoms with van der Waals surface area (Å²) in [4.78, 5) is 2.23. The number of unbranched alkanes of at least 4 members (excludes halogenated alkanes) is 1. The minimum Gasteiger partial charge on any atom is -0.494 e. The van der Waals surface area contributed by atoms with Gasteiger partial charge in [-0.15, -0.1) is 0 Å². The molecule has 0 radical (unpaired) electrons. The second-order valence-electron chi connectivity index (χ2n) is 4.08. The average molecular weight is 232 g/mol. The molecule has 0 N–H and O–H groups in total. The van der Waals surface area contributed by atoms with Gasteiger partial charge in [0.05, 0.1) is 12.7 Å². The lowest BCUT2D eigenvalue weighted by molar-refractivity contribution is 0.322. The lowest BCUT2D eigenvalue weighted by Gasteiger charge is -2.16. The minimum absolute atomic E-state index is 0.633. The van der Waals surface area contributed by atoms with Crippen molar-refractivity contribution in [2.45, 2.75) is 26.3 Å². The normalized spacial score (nSPS) is 10.2. The third kappa shape index (κ3) is 5.37. The first-order chi connectivity index (χ1) is 8.26. The van der Waals surface area contributed by atoms with Gasteiger partial charge in [0.2, 0.25) is 0 Å². The van der Waals surface area contributed by atoms with Gasteiger partial charge in [0.25, 0.3) is 0 Å². The minimum atomic E-state index is 0.633. The molecular formula is C14H20N2O. The van der Waals surface area contributed by atoms with Crippen LogP contribution >= 0.6 is 0 Å². The SMILES string of the molecule is CCOc1ccc(CN(C)CCCC#N)cc1. The van der Waals surface area contributed by atoms with Crippen molar-refractivity contribution < 1.29 is 4.74 Å². The van der Waals surface area contributed by atoms with E-state index in [4.69, 9.17) is 10.00 Å². The van der Waals surface area contributed by atoms with Crippen molar-refractivity contribution in [3.8, 4) is 11.8 Å². The second kappa shape index (κ2) is 7.70. The van der Waals surface area contributed by atoms with Crippen LogP contribution in [0, 0.1) is 11.3 Å². The van der Waals surface area contributed by atoms with Crippen molar-refractivity contribution in [2.75, 3.05) is 20.2 Å². The molecule has 0 fully saturated rings. The summed E-state index contributed by atoms with van der Waals surface area (Å²) in [6.45, 7) is 4.56. The quantitative estimate of drug-likeness (QED) is 0.678. The van der Waals surface area contributed by atoms with Gasteiger partial charge in [-0.1, -0.05) is 12.1 Å². The van der Waals surface area contributed by atoms with Crippen LogP contribution in [-0.2, 0) is 6.54 Å². The fourth-order valence-corrected chi connectivity index (χ4v) is 1.68. The Bertz CT molecular complexity index is 353. The first kappa shape index (κ1) is 13.5. The molecule has 1 aromatic rings. The summed E-state index contributed by atoms with van der Waals surface area (Å²) in [5.74, 6) is 0.920. The van der Waals surface area contributed by atoms with Crippen LogP contribution in [0.1, 0.15) is 25.3 Å². The highest BCUT2D eigenvalue weighted by atomic mass is 16.5. The molecule has 3 nitrogen and oxygen atoms in total. The number of ether oxygens (including phenoxy) is 1. The molecule has 0 saturated carbocycles. The molecule has 0 aliphatic rings. The number of rotatable bonds is 7. The zero-order valence-electron chi connectivity index (χ0n) is 10.6. The Kier molecular flexibility index (Phi) is 6.13. The number of nitriles is 1. The maximum Gasteiger partial charge on any atom is 0.119 e. The van der Waals surface area contributed by atoms with E-state index in [0.717, 1.165) is 25.3 Å². The molecule has 0 heterocycles. The maximum absolute atomic E-state index is 8.47. The van der Waals surface area contributed by atoms with Crippen molar-refractivity contribution in [1.29, 1.82) is 5.26 Å². The molecule has 0 aliphatic heterocycles. The number of nitrogens with zero attached hydrogens (tertiary/aromatic N) is 2. The molecule has 0 spiro atoms. The van der Waals surface area contributed by atoms with Gasteiger partial charge in [-0.3, -0.25) is 0 Å². The van der Waals surface area contributed by atoms with Gasteiger partial charge < -0.3 is 9.64 Å². The van der Waals surface area contributed by atoms with Crippen LogP contribution in [0.3, 0.4) is 0 Å². The van der Waals surface area contributed by atoms with Crippen molar-refractivity contribution in [2.24, 2.45) is 0 Å². The van der Waals surface area contributed by atoms with E-state index in [1.807, 2.05) is 19.1 Å². The first-order valence-corrected chi connectivity index (χ1v) is 6.03. The summed E-state index contributed by atoms with van der Waals surface area (Å²) >= 11 is 0. The number of hydrogen-bond acceptors (Lipinski definition) is 3. The van der Waals surface area contributed by atoms with Crippen molar-refractivity contribution in [3.63, 3.8) is 0 Å². The van der Waals surface area contributed by atoms with Crippen molar-refractivity contribution in [1.82, 2.24) is 4.90 Å². The number of hydrogen-bond donors (Lipinski definition) is 0. The lowest BCUT2D eigenvalue weighted by atomic mass is 10.2. The highest BCUT2D eigenvalue weighted by molar-refractivity contribution is 5.27. The highest BCUT2D eigenvalue weighted by Gasteiger charge is 2.00. The van der Waals surface area contributed by atoms with Crippen LogP contribution in [0.5, 0.6) is 5.75 Å². The molecule has 0 bridgehead atoms. The molecule has 1 rings (SSSR count). The third-order valence-electron chi connectivity index (χ3n) is 2.52. The van der Waals surface area contributed by atoms with Crippen LogP contribution in [0.15, 0.2) is 24.3 Å². The highest BCUT2D eigenvalue weighted by Crippen LogP contribution is 2.13. The van der Waals surface area contributed by atoms with Crippen LogP contribution in [0.2, 0.25) is 0 Å². The zero-order chi connectivity index (χ0) is 12.5. The Morgan fingerprint density at radius 2 is 2.00 bits per heavy atom. The van der Waals surface area contributed by atoms with Crippen LogP contribution < -0.4 is 4.74 Å². The summed E-state index contributed by atoms with van der Waals surface area (Å²) in [5.41, 5.74) is 1.27. The van der Waals surface area contributed by atoms with E-state index >= 15 is 0 Å². The van der Waals surface area contributed by atoms with Gasteiger partial charge in [-0.25, -0.2) is 0 Å². The predicted octanol–water partition coefficient (Wildman–Crippen LogP) is 2.82. The Morgan fingerprint density at radius 1 is 1.29 bits per heavy atom. The molecule has 0 atom stereocenters. The summed E-state index contributed by atoms with van der Waals surface area (Å²) in [5, 5.41) is 8.47. The fourth-order valence-electron chi connectivity index (χ4n) is 1.68. The van der Waals surface area contributed by atoms with Gasteiger partial charge in [0.1, 0.15) is 5.75 Å². The molecule has 0 amide bonds. The van der Waals surface area contributed by atoms with Gasteiger partial charge >= 0.3 is 0 Å². The van der Waals surface area contributed by atoms with E-state index in [-0.39, 0.29) is 0 Å². The predicted molar refractivity (Wildman–Crippen MR) is 68.8 cm³/mol. The van der Waals surface area contributed by atoms with E-state index in [9.17, 15) is 0 Å². The Balaban J connectivity index is 2.38. The molecule has 0 saturated heterocycles. The van der Waals surface area contributed by atoms with Gasteiger partial charge in [-0.05, 0) is 44.6 Å². The van der Waals surface area contributed by atoms with E-state index in [0.29, 0.717) is 13.0 Å². The largest absolute Gasteiger partial charge is 0.494 e. The molecule has 92 valence electrons. The molecule has 0 aromatic heterocycles. The van der Waals surface area contributed by atoms with Gasteiger partial charge in [-0.2, -0.15) is 5.26 Å². The third-order valence-corrected chi connectivity index (χ3v) is 2.52. The molecule has 3 heteroatoms. The average Bonchev–Trinajstić information content (AvgIpc) is 2.32. The summed E-state index contributed by atoms with van der Waals surface area (Å²) in [7, 11) is 2.08. The van der Waals surface area contributed by atoms with E-state index in [1.165, 1.54) is 5.56 Å². The summed E-state index contributed by atoms with van der Waals surface area (Å²) < 4.78 is 5.40. The smallest absolute Gasteiger partial charge is 0.119 e. The molecule has 17 heavy (non-hydrogen) atoms. The van der Waals surface area contributed by atoms with Crippen LogP contribution in [0.4, 0.5) is 0 Å². The second-order valence-corrected chi connectivity index (χ2v) is 4.08. The van der Waals surface area contributed by atoms with Crippen LogP contribution in [-0.4, -0.2) is 25.1 Å². The standard InChI is InChI=1S/C14H20N2O/c1-3-17-14-8-6-13(7-9-14)12-16(2)11-5-4-10-15/h6-9H,3-5,11-12H2,1-2H3. The molecule has 0 unspecified atom stereocenters. The Morgan fingerprint density at radius 3 is 2.59 bits per heavy atom. The topological polar surface area (TPSA) is 36.3 Å². The zero-order valence-corrected chi connectivity index (χ0v) is 10.6. The molecule has 1 aromatic carbocycles. The van der Waals surface area contributed by atoms with Crippen molar-refractivity contribution >= 4 is 0 Å². The fraction of sp³-hybridized carbons (Fsp3) is 0.500. The van der Waals surface area contributed by atoms with Gasteiger partial charge in [0.15, 0.2) is 0 Å². The Hall–Kier alpha value is -1.53. The molecule has 0 aliphatic carbocycles. The van der Waals surface area contributed by atoms with E-state index in [2.05, 4.69) is 30.1 Å². The summed E-state index contributed by atoms with van der Waals surface area (Å²) in [6, 6.07) is 10.3. The van der Waals surface area contributed by atoms with E-state index in [1.54, 1.807) is 0 Å². The monoisotopic (exact) mass is 232 g/mol. The van der Waals surface area contributed by atoms with Crippen molar-refractivity contribution in [3.05, 3.63) is 29.8 Å².